The minimum absolute atomic E-state index is 0.0732. The topological polar surface area (TPSA) is 40.6 Å². The van der Waals surface area contributed by atoms with Gasteiger partial charge in [0.05, 0.1) is 32.4 Å². The van der Waals surface area contributed by atoms with E-state index in [1.165, 1.54) is 33.5 Å². The molecule has 0 saturated carbocycles. The zero-order valence-electron chi connectivity index (χ0n) is 11.0. The molecule has 1 heterocycles. The predicted molar refractivity (Wildman–Crippen MR) is 66.4 cm³/mol. The lowest BCUT2D eigenvalue weighted by atomic mass is 10.1. The second-order valence-electron chi connectivity index (χ2n) is 3.93. The van der Waals surface area contributed by atoms with E-state index in [-0.39, 0.29) is 22.5 Å². The molecule has 0 amide bonds. The summed E-state index contributed by atoms with van der Waals surface area (Å²) in [5, 5.41) is -0.0732. The molecule has 0 N–H and O–H groups in total. The Balaban J connectivity index is 2.83. The van der Waals surface area contributed by atoms with Crippen molar-refractivity contribution in [1.29, 1.82) is 0 Å². The number of fused-ring (bicyclic) bond motifs is 1. The first-order valence-corrected chi connectivity index (χ1v) is 5.58. The van der Waals surface area contributed by atoms with Crippen LogP contribution in [0.25, 0.3) is 10.9 Å². The Morgan fingerprint density at radius 2 is 1.50 bits per heavy atom. The van der Waals surface area contributed by atoms with E-state index < -0.39 is 11.7 Å². The summed E-state index contributed by atoms with van der Waals surface area (Å²) >= 11 is 0. The summed E-state index contributed by atoms with van der Waals surface area (Å²) in [6.45, 7) is 0. The van der Waals surface area contributed by atoms with Gasteiger partial charge in [0.25, 0.3) is 0 Å². The number of hydrogen-bond donors (Lipinski definition) is 0. The molecule has 0 atom stereocenters. The molecule has 0 fully saturated rings. The largest absolute Gasteiger partial charge is 0.493 e. The number of nitrogens with zero attached hydrogens (tertiary/aromatic N) is 1. The van der Waals surface area contributed by atoms with Gasteiger partial charge >= 0.3 is 6.18 Å². The van der Waals surface area contributed by atoms with Gasteiger partial charge < -0.3 is 14.2 Å². The van der Waals surface area contributed by atoms with Gasteiger partial charge in [0, 0.05) is 17.5 Å². The number of pyridine rings is 1. The highest BCUT2D eigenvalue weighted by atomic mass is 19.4. The molecule has 0 bridgehead atoms. The predicted octanol–water partition coefficient (Wildman–Crippen LogP) is 3.28. The van der Waals surface area contributed by atoms with Gasteiger partial charge in [0.2, 0.25) is 5.88 Å². The molecule has 0 radical (unpaired) electrons. The van der Waals surface area contributed by atoms with E-state index in [4.69, 9.17) is 14.2 Å². The maximum Gasteiger partial charge on any atom is 0.417 e. The summed E-state index contributed by atoms with van der Waals surface area (Å²) in [6.07, 6.45) is -4.52. The van der Waals surface area contributed by atoms with Gasteiger partial charge in [-0.05, 0) is 6.07 Å². The van der Waals surface area contributed by atoms with Gasteiger partial charge in [-0.15, -0.1) is 0 Å². The average Bonchev–Trinajstić information content (AvgIpc) is 2.43. The number of methoxy groups -OCH3 is 3. The molecule has 4 nitrogen and oxygen atoms in total. The van der Waals surface area contributed by atoms with E-state index >= 15 is 0 Å². The van der Waals surface area contributed by atoms with E-state index in [9.17, 15) is 13.2 Å². The van der Waals surface area contributed by atoms with E-state index in [0.717, 1.165) is 6.07 Å². The van der Waals surface area contributed by atoms with Crippen LogP contribution in [0, 0.1) is 0 Å². The molecule has 7 heteroatoms. The van der Waals surface area contributed by atoms with Crippen LogP contribution in [0.2, 0.25) is 0 Å². The monoisotopic (exact) mass is 287 g/mol. The number of aromatic nitrogens is 1. The minimum atomic E-state index is -4.52. The Labute approximate surface area is 113 Å². The third-order valence-electron chi connectivity index (χ3n) is 2.81. The fraction of sp³-hybridized carbons (Fsp3) is 0.308. The van der Waals surface area contributed by atoms with E-state index in [1.54, 1.807) is 0 Å². The molecule has 0 spiro atoms. The van der Waals surface area contributed by atoms with Crippen LogP contribution in [0.5, 0.6) is 17.4 Å². The first kappa shape index (κ1) is 14.2. The van der Waals surface area contributed by atoms with Crippen molar-refractivity contribution >= 4 is 10.9 Å². The highest BCUT2D eigenvalue weighted by Gasteiger charge is 2.34. The Bertz CT molecular complexity index is 641. The normalized spacial score (nSPS) is 11.5. The van der Waals surface area contributed by atoms with Crippen LogP contribution in [0.1, 0.15) is 5.56 Å². The van der Waals surface area contributed by atoms with Crippen molar-refractivity contribution in [3.05, 3.63) is 23.8 Å². The fourth-order valence-electron chi connectivity index (χ4n) is 1.87. The van der Waals surface area contributed by atoms with Crippen molar-refractivity contribution in [1.82, 2.24) is 4.98 Å². The molecule has 2 aromatic rings. The first-order chi connectivity index (χ1) is 9.40. The van der Waals surface area contributed by atoms with Crippen LogP contribution in [-0.4, -0.2) is 26.3 Å². The lowest BCUT2D eigenvalue weighted by Crippen LogP contribution is -2.07. The van der Waals surface area contributed by atoms with Crippen molar-refractivity contribution in [2.45, 2.75) is 6.18 Å². The van der Waals surface area contributed by atoms with Gasteiger partial charge in [-0.3, -0.25) is 0 Å². The summed E-state index contributed by atoms with van der Waals surface area (Å²) in [6, 6.07) is 3.49. The van der Waals surface area contributed by atoms with Crippen LogP contribution in [0.3, 0.4) is 0 Å². The summed E-state index contributed by atoms with van der Waals surface area (Å²) in [7, 11) is 4.01. The number of alkyl halides is 3. The van der Waals surface area contributed by atoms with E-state index in [2.05, 4.69) is 4.98 Å². The molecular weight excluding hydrogens is 275 g/mol. The summed E-state index contributed by atoms with van der Waals surface area (Å²) in [5.74, 6) is 0.392. The number of hydrogen-bond acceptors (Lipinski definition) is 4. The van der Waals surface area contributed by atoms with Gasteiger partial charge in [-0.1, -0.05) is 0 Å². The van der Waals surface area contributed by atoms with E-state index in [1.807, 2.05) is 0 Å². The molecule has 0 aliphatic rings. The standard InChI is InChI=1S/C13H12F3NO3/c1-18-10-4-7-8(13(14,15)16)5-12(20-3)17-9(7)6-11(10)19-2/h4-6H,1-3H3. The zero-order valence-corrected chi connectivity index (χ0v) is 11.0. The number of halogens is 3. The van der Waals surface area contributed by atoms with Gasteiger partial charge in [-0.25, -0.2) is 4.98 Å². The van der Waals surface area contributed by atoms with Crippen molar-refractivity contribution in [3.63, 3.8) is 0 Å². The maximum absolute atomic E-state index is 13.1. The molecule has 1 aromatic heterocycles. The van der Waals surface area contributed by atoms with Crippen LogP contribution >= 0.6 is 0 Å². The third-order valence-corrected chi connectivity index (χ3v) is 2.81. The molecule has 0 aliphatic carbocycles. The van der Waals surface area contributed by atoms with Crippen molar-refractivity contribution in [2.75, 3.05) is 21.3 Å². The molecule has 0 aliphatic heterocycles. The van der Waals surface area contributed by atoms with Gasteiger partial charge in [0.1, 0.15) is 0 Å². The lowest BCUT2D eigenvalue weighted by molar-refractivity contribution is -0.136. The van der Waals surface area contributed by atoms with E-state index in [0.29, 0.717) is 5.75 Å². The quantitative estimate of drug-likeness (QED) is 0.868. The molecule has 0 unspecified atom stereocenters. The maximum atomic E-state index is 13.1. The highest BCUT2D eigenvalue weighted by molar-refractivity contribution is 5.87. The fourth-order valence-corrected chi connectivity index (χ4v) is 1.87. The third kappa shape index (κ3) is 2.43. The lowest BCUT2D eigenvalue weighted by Gasteiger charge is -2.14. The first-order valence-electron chi connectivity index (χ1n) is 5.58. The smallest absolute Gasteiger partial charge is 0.417 e. The number of rotatable bonds is 3. The number of ether oxygens (including phenoxy) is 3. The molecule has 108 valence electrons. The van der Waals surface area contributed by atoms with Crippen LogP contribution in [0.4, 0.5) is 13.2 Å². The Morgan fingerprint density at radius 1 is 0.900 bits per heavy atom. The van der Waals surface area contributed by atoms with Crippen molar-refractivity contribution in [2.24, 2.45) is 0 Å². The van der Waals surface area contributed by atoms with Gasteiger partial charge in [0.15, 0.2) is 11.5 Å². The molecular formula is C13H12F3NO3. The minimum Gasteiger partial charge on any atom is -0.493 e. The summed E-state index contributed by atoms with van der Waals surface area (Å²) in [4.78, 5) is 3.99. The second-order valence-corrected chi connectivity index (χ2v) is 3.93. The Morgan fingerprint density at radius 3 is 2.00 bits per heavy atom. The summed E-state index contributed by atoms with van der Waals surface area (Å²) < 4.78 is 54.2. The SMILES string of the molecule is COc1cc(C(F)(F)F)c2cc(OC)c(OC)cc2n1. The Hall–Kier alpha value is -2.18. The number of benzene rings is 1. The molecule has 2 rings (SSSR count). The van der Waals surface area contributed by atoms with Crippen LogP contribution < -0.4 is 14.2 Å². The van der Waals surface area contributed by atoms with Crippen molar-refractivity contribution in [3.8, 4) is 17.4 Å². The highest BCUT2D eigenvalue weighted by Crippen LogP contribution is 2.40. The van der Waals surface area contributed by atoms with Crippen LogP contribution in [0.15, 0.2) is 18.2 Å². The molecule has 1 aromatic carbocycles. The van der Waals surface area contributed by atoms with Gasteiger partial charge in [-0.2, -0.15) is 13.2 Å². The average molecular weight is 287 g/mol. The summed E-state index contributed by atoms with van der Waals surface area (Å²) in [5.41, 5.74) is -0.713. The molecule has 0 saturated heterocycles. The molecule has 20 heavy (non-hydrogen) atoms. The van der Waals surface area contributed by atoms with Crippen LogP contribution in [-0.2, 0) is 6.18 Å². The Kier molecular flexibility index (Phi) is 3.61. The second kappa shape index (κ2) is 5.07. The zero-order chi connectivity index (χ0) is 14.9. The van der Waals surface area contributed by atoms with Crippen molar-refractivity contribution < 1.29 is 27.4 Å².